The monoisotopic (exact) mass is 433 g/mol. The number of rotatable bonds is 4. The average Bonchev–Trinajstić information content (AvgIpc) is 3.28. The topological polar surface area (TPSA) is 106 Å². The molecular weight excluding hydrogens is 414 g/mol. The molecule has 31 heavy (non-hydrogen) atoms. The quantitative estimate of drug-likeness (QED) is 0.482. The van der Waals surface area contributed by atoms with E-state index in [9.17, 15) is 14.4 Å². The lowest BCUT2D eigenvalue weighted by atomic mass is 10.1. The van der Waals surface area contributed by atoms with Crippen molar-refractivity contribution < 1.29 is 9.59 Å². The summed E-state index contributed by atoms with van der Waals surface area (Å²) in [5.74, 6) is -1.17. The summed E-state index contributed by atoms with van der Waals surface area (Å²) >= 11 is 1.34. The number of carbonyl (C=O) groups excluding carboxylic acids is 2. The van der Waals surface area contributed by atoms with Crippen molar-refractivity contribution in [1.29, 1.82) is 0 Å². The lowest BCUT2D eigenvalue weighted by molar-refractivity contribution is 0.0841. The number of aryl methyl sites for hydroxylation is 2. The first-order chi connectivity index (χ1) is 15.0. The van der Waals surface area contributed by atoms with Crippen molar-refractivity contribution in [3.05, 3.63) is 81.2 Å². The van der Waals surface area contributed by atoms with Gasteiger partial charge < -0.3 is 0 Å². The molecule has 9 heteroatoms. The summed E-state index contributed by atoms with van der Waals surface area (Å²) in [7, 11) is 0. The van der Waals surface area contributed by atoms with Crippen LogP contribution in [0.3, 0.4) is 0 Å². The van der Waals surface area contributed by atoms with Gasteiger partial charge in [0.15, 0.2) is 5.69 Å². The van der Waals surface area contributed by atoms with Crippen LogP contribution >= 0.6 is 11.3 Å². The van der Waals surface area contributed by atoms with Crippen LogP contribution in [0.1, 0.15) is 33.5 Å². The summed E-state index contributed by atoms with van der Waals surface area (Å²) in [6, 6.07) is 14.6. The molecule has 0 atom stereocenters. The first-order valence-electron chi connectivity index (χ1n) is 9.61. The van der Waals surface area contributed by atoms with Crippen molar-refractivity contribution in [2.45, 2.75) is 20.4 Å². The van der Waals surface area contributed by atoms with Crippen molar-refractivity contribution in [1.82, 2.24) is 25.6 Å². The third-order valence-corrected chi connectivity index (χ3v) is 5.60. The number of nitrogens with zero attached hydrogens (tertiary/aromatic N) is 3. The molecule has 0 aliphatic heterocycles. The minimum atomic E-state index is -0.624. The molecule has 0 unspecified atom stereocenters. The van der Waals surface area contributed by atoms with Gasteiger partial charge in [-0.25, -0.2) is 9.67 Å². The van der Waals surface area contributed by atoms with Crippen LogP contribution < -0.4 is 16.4 Å². The van der Waals surface area contributed by atoms with E-state index in [0.29, 0.717) is 22.3 Å². The molecule has 2 aromatic carbocycles. The Morgan fingerprint density at radius 3 is 2.39 bits per heavy atom. The molecule has 156 valence electrons. The van der Waals surface area contributed by atoms with Gasteiger partial charge in [0.2, 0.25) is 0 Å². The Morgan fingerprint density at radius 2 is 1.68 bits per heavy atom. The number of hydrogen-bond donors (Lipinski definition) is 2. The number of hydrazine groups is 1. The summed E-state index contributed by atoms with van der Waals surface area (Å²) in [5.41, 5.74) is 6.75. The maximum Gasteiger partial charge on any atom is 0.290 e. The zero-order valence-electron chi connectivity index (χ0n) is 16.9. The zero-order valence-corrected chi connectivity index (χ0v) is 17.7. The molecule has 4 aromatic rings. The SMILES string of the molecule is CCn1nc(C(=O)NNC(=O)c2csc(-c3ccc(C)cc3)n2)c2ccccc2c1=O. The van der Waals surface area contributed by atoms with Crippen LogP contribution in [0.4, 0.5) is 0 Å². The predicted octanol–water partition coefficient (Wildman–Crippen LogP) is 2.92. The van der Waals surface area contributed by atoms with Crippen molar-refractivity contribution in [3.63, 3.8) is 0 Å². The van der Waals surface area contributed by atoms with Gasteiger partial charge in [-0.05, 0) is 19.9 Å². The van der Waals surface area contributed by atoms with Gasteiger partial charge in [-0.2, -0.15) is 5.10 Å². The van der Waals surface area contributed by atoms with E-state index in [0.717, 1.165) is 11.1 Å². The van der Waals surface area contributed by atoms with Crippen LogP contribution in [0.25, 0.3) is 21.3 Å². The van der Waals surface area contributed by atoms with E-state index in [1.54, 1.807) is 36.6 Å². The molecule has 2 amide bonds. The Balaban J connectivity index is 1.52. The Labute approximate surface area is 181 Å². The van der Waals surface area contributed by atoms with Crippen LogP contribution in [0.5, 0.6) is 0 Å². The molecule has 0 saturated carbocycles. The number of fused-ring (bicyclic) bond motifs is 1. The smallest absolute Gasteiger partial charge is 0.267 e. The first kappa shape index (κ1) is 20.4. The van der Waals surface area contributed by atoms with E-state index in [1.807, 2.05) is 31.2 Å². The van der Waals surface area contributed by atoms with Gasteiger partial charge in [-0.1, -0.05) is 48.0 Å². The van der Waals surface area contributed by atoms with Gasteiger partial charge in [0, 0.05) is 22.9 Å². The summed E-state index contributed by atoms with van der Waals surface area (Å²) in [6.45, 7) is 4.08. The molecule has 0 aliphatic carbocycles. The Bertz CT molecular complexity index is 1340. The Morgan fingerprint density at radius 1 is 1.00 bits per heavy atom. The third-order valence-electron chi connectivity index (χ3n) is 4.71. The van der Waals surface area contributed by atoms with Gasteiger partial charge in [0.05, 0.1) is 5.39 Å². The van der Waals surface area contributed by atoms with Crippen molar-refractivity contribution in [2.75, 3.05) is 0 Å². The molecule has 0 radical (unpaired) electrons. The molecule has 2 aromatic heterocycles. The molecule has 0 bridgehead atoms. The predicted molar refractivity (Wildman–Crippen MR) is 119 cm³/mol. The van der Waals surface area contributed by atoms with Gasteiger partial charge in [0.25, 0.3) is 17.4 Å². The second kappa shape index (κ2) is 8.49. The van der Waals surface area contributed by atoms with E-state index in [4.69, 9.17) is 0 Å². The van der Waals surface area contributed by atoms with Gasteiger partial charge in [0.1, 0.15) is 10.7 Å². The number of hydrogen-bond acceptors (Lipinski definition) is 6. The molecule has 2 N–H and O–H groups in total. The molecule has 8 nitrogen and oxygen atoms in total. The fraction of sp³-hybridized carbons (Fsp3) is 0.136. The van der Waals surface area contributed by atoms with Crippen LogP contribution in [0.15, 0.2) is 58.7 Å². The van der Waals surface area contributed by atoms with E-state index < -0.39 is 11.8 Å². The van der Waals surface area contributed by atoms with Gasteiger partial charge in [-0.15, -0.1) is 11.3 Å². The second-order valence-electron chi connectivity index (χ2n) is 6.83. The maximum atomic E-state index is 12.7. The number of thiazole rings is 1. The first-order valence-corrected chi connectivity index (χ1v) is 10.5. The average molecular weight is 433 g/mol. The molecule has 0 fully saturated rings. The normalized spacial score (nSPS) is 10.8. The Kier molecular flexibility index (Phi) is 5.59. The summed E-state index contributed by atoms with van der Waals surface area (Å²) in [6.07, 6.45) is 0. The highest BCUT2D eigenvalue weighted by Gasteiger charge is 2.18. The fourth-order valence-electron chi connectivity index (χ4n) is 3.06. The zero-order chi connectivity index (χ0) is 22.0. The largest absolute Gasteiger partial charge is 0.290 e. The maximum absolute atomic E-state index is 12.7. The van der Waals surface area contributed by atoms with Crippen molar-refractivity contribution >= 4 is 33.9 Å². The highest BCUT2D eigenvalue weighted by atomic mass is 32.1. The summed E-state index contributed by atoms with van der Waals surface area (Å²) < 4.78 is 1.22. The third kappa shape index (κ3) is 4.08. The number of nitrogens with one attached hydrogen (secondary N) is 2. The molecular formula is C22H19N5O3S. The second-order valence-corrected chi connectivity index (χ2v) is 7.69. The Hall–Kier alpha value is -3.85. The van der Waals surface area contributed by atoms with Crippen LogP contribution in [0, 0.1) is 6.92 Å². The van der Waals surface area contributed by atoms with Crippen LogP contribution in [-0.2, 0) is 6.54 Å². The number of carbonyl (C=O) groups is 2. The standard InChI is InChI=1S/C22H19N5O3S/c1-3-27-22(30)16-7-5-4-6-15(16)18(26-27)20(29)25-24-19(28)17-12-31-21(23-17)14-10-8-13(2)9-11-14/h4-12H,3H2,1-2H3,(H,24,28)(H,25,29). The fourth-order valence-corrected chi connectivity index (χ4v) is 3.87. The van der Waals surface area contributed by atoms with E-state index in [2.05, 4.69) is 20.9 Å². The van der Waals surface area contributed by atoms with Crippen LogP contribution in [-0.4, -0.2) is 26.6 Å². The number of aromatic nitrogens is 3. The molecule has 0 spiro atoms. The number of benzene rings is 2. The molecule has 0 aliphatic rings. The van der Waals surface area contributed by atoms with Gasteiger partial charge >= 0.3 is 0 Å². The molecule has 4 rings (SSSR count). The summed E-state index contributed by atoms with van der Waals surface area (Å²) in [4.78, 5) is 41.9. The van der Waals surface area contributed by atoms with E-state index >= 15 is 0 Å². The summed E-state index contributed by atoms with van der Waals surface area (Å²) in [5, 5.41) is 7.28. The highest BCUT2D eigenvalue weighted by Crippen LogP contribution is 2.24. The van der Waals surface area contributed by atoms with Crippen LogP contribution in [0.2, 0.25) is 0 Å². The lowest BCUT2D eigenvalue weighted by Crippen LogP contribution is -2.43. The van der Waals surface area contributed by atoms with E-state index in [1.165, 1.54) is 16.0 Å². The highest BCUT2D eigenvalue weighted by molar-refractivity contribution is 7.13. The molecule has 0 saturated heterocycles. The number of amides is 2. The minimum absolute atomic E-state index is 0.0518. The minimum Gasteiger partial charge on any atom is -0.267 e. The van der Waals surface area contributed by atoms with E-state index in [-0.39, 0.29) is 16.9 Å². The lowest BCUT2D eigenvalue weighted by Gasteiger charge is -2.10. The molecule has 2 heterocycles. The van der Waals surface area contributed by atoms with Crippen molar-refractivity contribution in [2.24, 2.45) is 0 Å². The van der Waals surface area contributed by atoms with Gasteiger partial charge in [-0.3, -0.25) is 25.2 Å². The van der Waals surface area contributed by atoms with Crippen molar-refractivity contribution in [3.8, 4) is 10.6 Å².